The van der Waals surface area contributed by atoms with Crippen molar-refractivity contribution in [3.8, 4) is 0 Å². The highest BCUT2D eigenvalue weighted by atomic mass is 32.2. The molecule has 0 aromatic carbocycles. The topological polar surface area (TPSA) is 117 Å². The molecule has 17 heavy (non-hydrogen) atoms. The number of nitrogens with zero attached hydrogens (tertiary/aromatic N) is 1. The van der Waals surface area contributed by atoms with E-state index in [0.717, 1.165) is 0 Å². The van der Waals surface area contributed by atoms with Crippen molar-refractivity contribution in [3.63, 3.8) is 0 Å². The minimum absolute atomic E-state index is 0.0154. The summed E-state index contributed by atoms with van der Waals surface area (Å²) >= 11 is 0. The van der Waals surface area contributed by atoms with E-state index in [-0.39, 0.29) is 28.6 Å². The second-order valence-electron chi connectivity index (χ2n) is 3.97. The number of carbonyl (C=O) groups is 1. The van der Waals surface area contributed by atoms with E-state index < -0.39 is 27.3 Å². The van der Waals surface area contributed by atoms with Crippen LogP contribution in [-0.2, 0) is 26.1 Å². The summed E-state index contributed by atoms with van der Waals surface area (Å²) in [4.78, 5) is 28.6. The van der Waals surface area contributed by atoms with Gasteiger partial charge < -0.3 is 10.1 Å². The summed E-state index contributed by atoms with van der Waals surface area (Å²) in [5, 5.41) is 8.80. The molecular formula is C9H10N2O5S. The molecule has 1 aliphatic heterocycles. The number of nitrogens with one attached hydrogen (secondary N) is 1. The first-order valence-electron chi connectivity index (χ1n) is 4.85. The Kier molecular flexibility index (Phi) is 2.53. The maximum absolute atomic E-state index is 11.6. The largest absolute Gasteiger partial charge is 0.481 e. The van der Waals surface area contributed by atoms with Crippen molar-refractivity contribution in [1.82, 2.24) is 9.97 Å². The summed E-state index contributed by atoms with van der Waals surface area (Å²) in [6.07, 6.45) is 0. The number of H-pyrrole nitrogens is 1. The normalized spacial score (nSPS) is 18.6. The fourth-order valence-corrected chi connectivity index (χ4v) is 3.13. The second-order valence-corrected chi connectivity index (χ2v) is 6.03. The lowest BCUT2D eigenvalue weighted by molar-refractivity contribution is -0.138. The molecule has 0 radical (unpaired) electrons. The minimum atomic E-state index is -3.32. The average Bonchev–Trinajstić information content (AvgIpc) is 2.51. The molecule has 2 N–H and O–H groups in total. The molecule has 2 rings (SSSR count). The third kappa shape index (κ3) is 2.07. The van der Waals surface area contributed by atoms with Crippen molar-refractivity contribution in [2.75, 3.05) is 0 Å². The number of hydrogen-bond donors (Lipinski definition) is 2. The van der Waals surface area contributed by atoms with Crippen LogP contribution in [0.2, 0.25) is 0 Å². The number of carboxylic acid groups (broad SMARTS) is 1. The molecule has 1 atom stereocenters. The van der Waals surface area contributed by atoms with E-state index in [1.165, 1.54) is 6.92 Å². The number of sulfone groups is 1. The number of aliphatic carboxylic acids is 1. The van der Waals surface area contributed by atoms with E-state index in [2.05, 4.69) is 9.97 Å². The molecule has 0 bridgehead atoms. The van der Waals surface area contributed by atoms with Crippen molar-refractivity contribution < 1.29 is 18.3 Å². The van der Waals surface area contributed by atoms with Crippen molar-refractivity contribution in [2.24, 2.45) is 0 Å². The molecule has 92 valence electrons. The van der Waals surface area contributed by atoms with Crippen LogP contribution in [0.15, 0.2) is 4.79 Å². The average molecular weight is 258 g/mol. The highest BCUT2D eigenvalue weighted by Crippen LogP contribution is 2.21. The standard InChI is InChI=1S/C9H10N2O5S/c1-4(9(13)14)7-10-6-3-17(15,16)2-5(6)8(12)11-7/h4H,2-3H2,1H3,(H,13,14)(H,10,11,12). The van der Waals surface area contributed by atoms with Crippen LogP contribution in [0.5, 0.6) is 0 Å². The third-order valence-electron chi connectivity index (χ3n) is 2.62. The number of carboxylic acids is 1. The van der Waals surface area contributed by atoms with Crippen molar-refractivity contribution in [1.29, 1.82) is 0 Å². The Morgan fingerprint density at radius 1 is 1.47 bits per heavy atom. The summed E-state index contributed by atoms with van der Waals surface area (Å²) in [5.41, 5.74) is -0.289. The number of aromatic amines is 1. The highest BCUT2D eigenvalue weighted by Gasteiger charge is 2.30. The lowest BCUT2D eigenvalue weighted by Gasteiger charge is -2.06. The number of aromatic nitrogens is 2. The first-order chi connectivity index (χ1) is 7.80. The molecule has 1 unspecified atom stereocenters. The van der Waals surface area contributed by atoms with Gasteiger partial charge in [0.25, 0.3) is 5.56 Å². The zero-order chi connectivity index (χ0) is 12.8. The first kappa shape index (κ1) is 11.8. The molecule has 0 saturated heterocycles. The molecule has 8 heteroatoms. The Hall–Kier alpha value is -1.70. The molecule has 2 heterocycles. The van der Waals surface area contributed by atoms with Gasteiger partial charge in [-0.25, -0.2) is 13.4 Å². The lowest BCUT2D eigenvalue weighted by atomic mass is 10.1. The van der Waals surface area contributed by atoms with Gasteiger partial charge >= 0.3 is 5.97 Å². The van der Waals surface area contributed by atoms with Gasteiger partial charge in [-0.3, -0.25) is 9.59 Å². The van der Waals surface area contributed by atoms with Crippen LogP contribution in [0.4, 0.5) is 0 Å². The zero-order valence-corrected chi connectivity index (χ0v) is 9.74. The van der Waals surface area contributed by atoms with Gasteiger partial charge in [-0.2, -0.15) is 0 Å². The fourth-order valence-electron chi connectivity index (χ4n) is 1.63. The maximum Gasteiger partial charge on any atom is 0.313 e. The first-order valence-corrected chi connectivity index (χ1v) is 6.67. The Morgan fingerprint density at radius 2 is 2.12 bits per heavy atom. The predicted octanol–water partition coefficient (Wildman–Crippen LogP) is -0.614. The van der Waals surface area contributed by atoms with Crippen molar-refractivity contribution in [3.05, 3.63) is 27.4 Å². The van der Waals surface area contributed by atoms with E-state index in [0.29, 0.717) is 0 Å². The van der Waals surface area contributed by atoms with Crippen LogP contribution in [0.3, 0.4) is 0 Å². The highest BCUT2D eigenvalue weighted by molar-refractivity contribution is 7.90. The van der Waals surface area contributed by atoms with E-state index in [1.807, 2.05) is 0 Å². The van der Waals surface area contributed by atoms with E-state index in [4.69, 9.17) is 5.11 Å². The quantitative estimate of drug-likeness (QED) is 0.730. The van der Waals surface area contributed by atoms with Crippen LogP contribution in [0, 0.1) is 0 Å². The smallest absolute Gasteiger partial charge is 0.313 e. The van der Waals surface area contributed by atoms with Gasteiger partial charge in [0.05, 0.1) is 22.8 Å². The SMILES string of the molecule is CC(C(=O)O)c1nc2c(c(=O)[nH]1)CS(=O)(=O)C2. The summed E-state index contributed by atoms with van der Waals surface area (Å²) in [6.45, 7) is 1.37. The maximum atomic E-state index is 11.6. The second kappa shape index (κ2) is 3.66. The molecule has 1 aliphatic rings. The molecule has 0 spiro atoms. The molecule has 0 saturated carbocycles. The van der Waals surface area contributed by atoms with E-state index in [9.17, 15) is 18.0 Å². The Labute approximate surface area is 96.4 Å². The molecule has 0 amide bonds. The van der Waals surface area contributed by atoms with Crippen molar-refractivity contribution >= 4 is 15.8 Å². The number of rotatable bonds is 2. The van der Waals surface area contributed by atoms with Gasteiger partial charge in [-0.05, 0) is 6.92 Å². The minimum Gasteiger partial charge on any atom is -0.481 e. The van der Waals surface area contributed by atoms with Crippen LogP contribution < -0.4 is 5.56 Å². The molecule has 7 nitrogen and oxygen atoms in total. The molecular weight excluding hydrogens is 248 g/mol. The van der Waals surface area contributed by atoms with Gasteiger partial charge in [0.2, 0.25) is 0 Å². The molecule has 1 aromatic heterocycles. The molecule has 0 aliphatic carbocycles. The predicted molar refractivity (Wildman–Crippen MR) is 57.2 cm³/mol. The van der Waals surface area contributed by atoms with Gasteiger partial charge in [0.1, 0.15) is 11.7 Å². The van der Waals surface area contributed by atoms with Crippen LogP contribution >= 0.6 is 0 Å². The monoisotopic (exact) mass is 258 g/mol. The Balaban J connectivity index is 2.55. The third-order valence-corrected chi connectivity index (χ3v) is 4.06. The van der Waals surface area contributed by atoms with Gasteiger partial charge in [0, 0.05) is 0 Å². The molecule has 0 fully saturated rings. The number of fused-ring (bicyclic) bond motifs is 1. The molecule has 1 aromatic rings. The Bertz CT molecular complexity index is 646. The van der Waals surface area contributed by atoms with E-state index in [1.54, 1.807) is 0 Å². The van der Waals surface area contributed by atoms with Crippen LogP contribution in [0.1, 0.15) is 29.9 Å². The summed E-state index contributed by atoms with van der Waals surface area (Å²) in [7, 11) is -3.32. The summed E-state index contributed by atoms with van der Waals surface area (Å²) < 4.78 is 22.7. The fraction of sp³-hybridized carbons (Fsp3) is 0.444. The lowest BCUT2D eigenvalue weighted by Crippen LogP contribution is -2.21. The van der Waals surface area contributed by atoms with Gasteiger partial charge in [-0.1, -0.05) is 0 Å². The summed E-state index contributed by atoms with van der Waals surface area (Å²) in [6, 6.07) is 0. The summed E-state index contributed by atoms with van der Waals surface area (Å²) in [5.74, 6) is -2.75. The van der Waals surface area contributed by atoms with Crippen molar-refractivity contribution in [2.45, 2.75) is 24.3 Å². The number of hydrogen-bond acceptors (Lipinski definition) is 5. The Morgan fingerprint density at radius 3 is 2.71 bits per heavy atom. The van der Waals surface area contributed by atoms with Crippen LogP contribution in [0.25, 0.3) is 0 Å². The van der Waals surface area contributed by atoms with Crippen LogP contribution in [-0.4, -0.2) is 29.5 Å². The zero-order valence-electron chi connectivity index (χ0n) is 8.93. The van der Waals surface area contributed by atoms with Gasteiger partial charge in [-0.15, -0.1) is 0 Å². The van der Waals surface area contributed by atoms with E-state index >= 15 is 0 Å². The van der Waals surface area contributed by atoms with Gasteiger partial charge in [0.15, 0.2) is 9.84 Å².